The van der Waals surface area contributed by atoms with E-state index in [2.05, 4.69) is 11.7 Å². The van der Waals surface area contributed by atoms with Gasteiger partial charge in [-0.25, -0.2) is 0 Å². The second-order valence-corrected chi connectivity index (χ2v) is 7.99. The average molecular weight is 428 g/mol. The number of benzene rings is 2. The van der Waals surface area contributed by atoms with E-state index in [-0.39, 0.29) is 12.2 Å². The number of halogens is 5. The van der Waals surface area contributed by atoms with E-state index in [0.717, 1.165) is 43.0 Å². The van der Waals surface area contributed by atoms with E-state index in [4.69, 9.17) is 4.74 Å². The molecule has 0 radical (unpaired) electrons. The molecular formula is C23H25F5O2. The van der Waals surface area contributed by atoms with Gasteiger partial charge < -0.3 is 9.47 Å². The lowest BCUT2D eigenvalue weighted by molar-refractivity contribution is -0.274. The van der Waals surface area contributed by atoms with Gasteiger partial charge in [0.1, 0.15) is 5.75 Å². The molecule has 1 aliphatic carbocycles. The molecular weight excluding hydrogens is 403 g/mol. The largest absolute Gasteiger partial charge is 0.573 e. The van der Waals surface area contributed by atoms with Gasteiger partial charge in [-0.3, -0.25) is 0 Å². The van der Waals surface area contributed by atoms with Crippen LogP contribution in [0.2, 0.25) is 0 Å². The van der Waals surface area contributed by atoms with Crippen LogP contribution in [0.4, 0.5) is 22.0 Å². The molecule has 0 amide bonds. The quantitative estimate of drug-likeness (QED) is 0.433. The Labute approximate surface area is 173 Å². The molecule has 7 heteroatoms. The lowest BCUT2D eigenvalue weighted by atomic mass is 9.79. The van der Waals surface area contributed by atoms with Crippen LogP contribution < -0.4 is 4.74 Å². The zero-order valence-corrected chi connectivity index (χ0v) is 16.7. The fraction of sp³-hybridized carbons (Fsp3) is 0.478. The van der Waals surface area contributed by atoms with Crippen molar-refractivity contribution in [2.24, 2.45) is 5.92 Å². The van der Waals surface area contributed by atoms with Crippen LogP contribution in [0.15, 0.2) is 48.5 Å². The van der Waals surface area contributed by atoms with E-state index in [9.17, 15) is 22.0 Å². The van der Waals surface area contributed by atoms with Crippen LogP contribution in [-0.2, 0) is 17.8 Å². The Morgan fingerprint density at radius 2 is 1.37 bits per heavy atom. The van der Waals surface area contributed by atoms with Gasteiger partial charge in [0.25, 0.3) is 0 Å². The first kappa shape index (κ1) is 22.5. The maximum Gasteiger partial charge on any atom is 0.573 e. The average Bonchev–Trinajstić information content (AvgIpc) is 2.68. The fourth-order valence-corrected chi connectivity index (χ4v) is 3.77. The van der Waals surface area contributed by atoms with Crippen LogP contribution in [0.5, 0.6) is 5.75 Å². The molecule has 0 bridgehead atoms. The second-order valence-electron chi connectivity index (χ2n) is 7.99. The Kier molecular flexibility index (Phi) is 7.01. The van der Waals surface area contributed by atoms with Crippen molar-refractivity contribution >= 4 is 0 Å². The molecule has 0 N–H and O–H groups in total. The van der Waals surface area contributed by atoms with Crippen molar-refractivity contribution < 1.29 is 31.4 Å². The molecule has 0 aromatic heterocycles. The topological polar surface area (TPSA) is 18.5 Å². The van der Waals surface area contributed by atoms with E-state index in [1.165, 1.54) is 18.4 Å². The lowest BCUT2D eigenvalue weighted by Crippen LogP contribution is -2.24. The first-order valence-corrected chi connectivity index (χ1v) is 10.0. The number of hydrogen-bond acceptors (Lipinski definition) is 2. The Morgan fingerprint density at radius 1 is 0.800 bits per heavy atom. The van der Waals surface area contributed by atoms with E-state index in [0.29, 0.717) is 11.5 Å². The normalized spacial score (nSPS) is 20.2. The predicted octanol–water partition coefficient (Wildman–Crippen LogP) is 7.23. The fourth-order valence-electron chi connectivity index (χ4n) is 3.77. The lowest BCUT2D eigenvalue weighted by Gasteiger charge is -2.26. The highest BCUT2D eigenvalue weighted by Gasteiger charge is 2.32. The second kappa shape index (κ2) is 9.33. The highest BCUT2D eigenvalue weighted by atomic mass is 19.4. The Hall–Kier alpha value is -2.15. The van der Waals surface area contributed by atoms with Crippen molar-refractivity contribution in [2.75, 3.05) is 0 Å². The minimum absolute atomic E-state index is 0.149. The molecule has 30 heavy (non-hydrogen) atoms. The summed E-state index contributed by atoms with van der Waals surface area (Å²) < 4.78 is 73.3. The SMILES string of the molecule is CC1CCC(c2ccc(COC(F)(F)Cc3ccc(OC(F)(F)F)cc3)cc2)CC1. The van der Waals surface area contributed by atoms with Gasteiger partial charge in [0.2, 0.25) is 0 Å². The third-order valence-electron chi connectivity index (χ3n) is 5.48. The first-order chi connectivity index (χ1) is 14.1. The number of alkyl halides is 5. The molecule has 1 saturated carbocycles. The van der Waals surface area contributed by atoms with Gasteiger partial charge in [-0.05, 0) is 53.5 Å². The van der Waals surface area contributed by atoms with Crippen LogP contribution >= 0.6 is 0 Å². The van der Waals surface area contributed by atoms with Crippen molar-refractivity contribution in [3.05, 3.63) is 65.2 Å². The van der Waals surface area contributed by atoms with Gasteiger partial charge in [-0.1, -0.05) is 56.2 Å². The summed E-state index contributed by atoms with van der Waals surface area (Å²) in [5, 5.41) is 0. The summed E-state index contributed by atoms with van der Waals surface area (Å²) in [5.74, 6) is 0.842. The molecule has 1 aliphatic rings. The third kappa shape index (κ3) is 6.97. The zero-order valence-electron chi connectivity index (χ0n) is 16.7. The monoisotopic (exact) mass is 428 g/mol. The molecule has 2 nitrogen and oxygen atoms in total. The summed E-state index contributed by atoms with van der Waals surface area (Å²) >= 11 is 0. The summed E-state index contributed by atoms with van der Waals surface area (Å²) in [4.78, 5) is 0. The Balaban J connectivity index is 1.50. The molecule has 2 aromatic carbocycles. The van der Waals surface area contributed by atoms with Crippen LogP contribution in [0.25, 0.3) is 0 Å². The van der Waals surface area contributed by atoms with E-state index >= 15 is 0 Å². The highest BCUT2D eigenvalue weighted by Crippen LogP contribution is 2.35. The van der Waals surface area contributed by atoms with Crippen molar-refractivity contribution in [1.82, 2.24) is 0 Å². The highest BCUT2D eigenvalue weighted by molar-refractivity contribution is 5.28. The minimum atomic E-state index is -4.82. The molecule has 1 fully saturated rings. The summed E-state index contributed by atoms with van der Waals surface area (Å²) in [7, 11) is 0. The zero-order chi connectivity index (χ0) is 21.8. The molecule has 0 heterocycles. The summed E-state index contributed by atoms with van der Waals surface area (Å²) in [6.45, 7) is 2.02. The summed E-state index contributed by atoms with van der Waals surface area (Å²) in [5.41, 5.74) is 2.03. The van der Waals surface area contributed by atoms with Gasteiger partial charge in [-0.15, -0.1) is 13.2 Å². The molecule has 0 saturated heterocycles. The summed E-state index contributed by atoms with van der Waals surface area (Å²) in [6, 6.07) is 11.9. The molecule has 164 valence electrons. The van der Waals surface area contributed by atoms with Crippen LogP contribution in [0, 0.1) is 5.92 Å². The maximum atomic E-state index is 14.1. The third-order valence-corrected chi connectivity index (χ3v) is 5.48. The van der Waals surface area contributed by atoms with Gasteiger partial charge in [0.15, 0.2) is 0 Å². The van der Waals surface area contributed by atoms with E-state index in [1.54, 1.807) is 0 Å². The Morgan fingerprint density at radius 3 is 1.93 bits per heavy atom. The number of ether oxygens (including phenoxy) is 2. The van der Waals surface area contributed by atoms with Gasteiger partial charge in [-0.2, -0.15) is 8.78 Å². The van der Waals surface area contributed by atoms with Crippen LogP contribution in [0.3, 0.4) is 0 Å². The standard InChI is InChI=1S/C23H25F5O2/c1-16-2-8-19(9-3-16)20-10-4-18(5-11-20)15-29-22(24,25)14-17-6-12-21(13-7-17)30-23(26,27)28/h4-7,10-13,16,19H,2-3,8-9,14-15H2,1H3. The van der Waals surface area contributed by atoms with Crippen molar-refractivity contribution in [2.45, 2.75) is 64.0 Å². The van der Waals surface area contributed by atoms with Crippen molar-refractivity contribution in [3.8, 4) is 5.75 Å². The van der Waals surface area contributed by atoms with Crippen LogP contribution in [-0.4, -0.2) is 12.5 Å². The molecule has 0 atom stereocenters. The first-order valence-electron chi connectivity index (χ1n) is 10.0. The smallest absolute Gasteiger partial charge is 0.406 e. The minimum Gasteiger partial charge on any atom is -0.406 e. The summed E-state index contributed by atoms with van der Waals surface area (Å²) in [6.07, 6.45) is -4.26. The van der Waals surface area contributed by atoms with Gasteiger partial charge in [0, 0.05) is 0 Å². The predicted molar refractivity (Wildman–Crippen MR) is 103 cm³/mol. The maximum absolute atomic E-state index is 14.1. The van der Waals surface area contributed by atoms with E-state index in [1.807, 2.05) is 24.3 Å². The molecule has 0 unspecified atom stereocenters. The van der Waals surface area contributed by atoms with Crippen molar-refractivity contribution in [3.63, 3.8) is 0 Å². The van der Waals surface area contributed by atoms with Gasteiger partial charge >= 0.3 is 12.5 Å². The molecule has 2 aromatic rings. The Bertz CT molecular complexity index is 792. The molecule has 3 rings (SSSR count). The van der Waals surface area contributed by atoms with Gasteiger partial charge in [0.05, 0.1) is 13.0 Å². The molecule has 0 spiro atoms. The van der Waals surface area contributed by atoms with Crippen molar-refractivity contribution in [1.29, 1.82) is 0 Å². The van der Waals surface area contributed by atoms with Crippen LogP contribution in [0.1, 0.15) is 55.2 Å². The number of hydrogen-bond donors (Lipinski definition) is 0. The molecule has 0 aliphatic heterocycles. The number of rotatable bonds is 7. The van der Waals surface area contributed by atoms with E-state index < -0.39 is 24.6 Å².